The van der Waals surface area contributed by atoms with E-state index in [1.165, 1.54) is 6.20 Å². The fourth-order valence-electron chi connectivity index (χ4n) is 3.83. The highest BCUT2D eigenvalue weighted by Gasteiger charge is 2.13. The molecule has 0 fully saturated rings. The summed E-state index contributed by atoms with van der Waals surface area (Å²) in [4.78, 5) is 25.0. The third-order valence-electron chi connectivity index (χ3n) is 5.76. The fraction of sp³-hybridized carbons (Fsp3) is 0.111. The SMILES string of the molecule is CNC(=O)c1cc(Oc2ccc3c(c2)nc(Nc2ccc(Cl)c(-c4ccc(OC)nc4)c2)n3C)ccn1. The summed E-state index contributed by atoms with van der Waals surface area (Å²) in [5, 5.41) is 6.54. The standard InChI is InChI=1S/C27H23ClN6O3/c1-29-26(35)23-14-19(10-11-30-23)37-18-6-8-24-22(13-18)33-27(34(24)2)32-17-5-7-21(28)20(12-17)16-4-9-25(36-3)31-15-16/h4-15H,1-3H3,(H,29,35)(H,32,33). The maximum absolute atomic E-state index is 11.9. The van der Waals surface area contributed by atoms with Crippen molar-refractivity contribution in [1.82, 2.24) is 24.8 Å². The number of rotatable bonds is 7. The second-order valence-electron chi connectivity index (χ2n) is 8.11. The zero-order valence-electron chi connectivity index (χ0n) is 20.3. The Bertz CT molecular complexity index is 1600. The minimum absolute atomic E-state index is 0.276. The van der Waals surface area contributed by atoms with Crippen molar-refractivity contribution < 1.29 is 14.3 Å². The van der Waals surface area contributed by atoms with Gasteiger partial charge in [-0.25, -0.2) is 9.97 Å². The van der Waals surface area contributed by atoms with Gasteiger partial charge < -0.3 is 24.7 Å². The molecule has 0 radical (unpaired) electrons. The first-order valence-electron chi connectivity index (χ1n) is 11.3. The molecule has 3 aromatic heterocycles. The summed E-state index contributed by atoms with van der Waals surface area (Å²) in [5.74, 6) is 2.00. The molecule has 0 bridgehead atoms. The van der Waals surface area contributed by atoms with E-state index < -0.39 is 0 Å². The quantitative estimate of drug-likeness (QED) is 0.292. The molecule has 0 saturated heterocycles. The summed E-state index contributed by atoms with van der Waals surface area (Å²) in [6.07, 6.45) is 3.25. The first kappa shape index (κ1) is 24.1. The van der Waals surface area contributed by atoms with Crippen LogP contribution in [0.4, 0.5) is 11.6 Å². The van der Waals surface area contributed by atoms with Crippen LogP contribution in [0.5, 0.6) is 17.4 Å². The second kappa shape index (κ2) is 10.2. The molecule has 2 aromatic carbocycles. The van der Waals surface area contributed by atoms with Crippen molar-refractivity contribution >= 4 is 40.2 Å². The lowest BCUT2D eigenvalue weighted by atomic mass is 10.1. The van der Waals surface area contributed by atoms with E-state index in [1.807, 2.05) is 54.1 Å². The molecule has 10 heteroatoms. The fourth-order valence-corrected chi connectivity index (χ4v) is 4.06. The zero-order chi connectivity index (χ0) is 25.9. The first-order valence-corrected chi connectivity index (χ1v) is 11.7. The first-order chi connectivity index (χ1) is 17.9. The lowest BCUT2D eigenvalue weighted by Crippen LogP contribution is -2.18. The van der Waals surface area contributed by atoms with E-state index in [0.29, 0.717) is 28.3 Å². The van der Waals surface area contributed by atoms with E-state index in [9.17, 15) is 4.79 Å². The van der Waals surface area contributed by atoms with Crippen LogP contribution < -0.4 is 20.1 Å². The number of amides is 1. The monoisotopic (exact) mass is 514 g/mol. The maximum Gasteiger partial charge on any atom is 0.269 e. The van der Waals surface area contributed by atoms with Crippen LogP contribution in [-0.2, 0) is 7.05 Å². The Labute approximate surface area is 218 Å². The smallest absolute Gasteiger partial charge is 0.269 e. The predicted octanol–water partition coefficient (Wildman–Crippen LogP) is 5.59. The highest BCUT2D eigenvalue weighted by molar-refractivity contribution is 6.33. The van der Waals surface area contributed by atoms with Crippen molar-refractivity contribution in [2.45, 2.75) is 0 Å². The number of benzene rings is 2. The average Bonchev–Trinajstić information content (AvgIpc) is 3.23. The molecule has 0 saturated carbocycles. The Balaban J connectivity index is 1.40. The number of pyridine rings is 2. The largest absolute Gasteiger partial charge is 0.481 e. The maximum atomic E-state index is 11.9. The number of aromatic nitrogens is 4. The Kier molecular flexibility index (Phi) is 6.61. The van der Waals surface area contributed by atoms with E-state index >= 15 is 0 Å². The van der Waals surface area contributed by atoms with Crippen molar-refractivity contribution in [3.8, 4) is 28.5 Å². The summed E-state index contributed by atoms with van der Waals surface area (Å²) in [6, 6.07) is 18.3. The van der Waals surface area contributed by atoms with E-state index in [0.717, 1.165) is 27.8 Å². The van der Waals surface area contributed by atoms with Gasteiger partial charge in [0.2, 0.25) is 11.8 Å². The van der Waals surface area contributed by atoms with Crippen molar-refractivity contribution in [2.75, 3.05) is 19.5 Å². The van der Waals surface area contributed by atoms with Gasteiger partial charge in [0.25, 0.3) is 5.91 Å². The van der Waals surface area contributed by atoms with Gasteiger partial charge in [0.05, 0.1) is 18.1 Å². The Morgan fingerprint density at radius 3 is 2.59 bits per heavy atom. The number of carbonyl (C=O) groups excluding carboxylic acids is 1. The number of aryl methyl sites for hydroxylation is 1. The molecular weight excluding hydrogens is 492 g/mol. The molecule has 0 aliphatic heterocycles. The van der Waals surface area contributed by atoms with Gasteiger partial charge in [-0.3, -0.25) is 9.78 Å². The van der Waals surface area contributed by atoms with E-state index in [1.54, 1.807) is 38.6 Å². The molecule has 5 rings (SSSR count). The van der Waals surface area contributed by atoms with E-state index in [4.69, 9.17) is 26.1 Å². The number of ether oxygens (including phenoxy) is 2. The lowest BCUT2D eigenvalue weighted by molar-refractivity contribution is 0.0958. The van der Waals surface area contributed by atoms with Crippen molar-refractivity contribution in [3.63, 3.8) is 0 Å². The van der Waals surface area contributed by atoms with Crippen LogP contribution in [0, 0.1) is 0 Å². The van der Waals surface area contributed by atoms with Crippen LogP contribution in [0.3, 0.4) is 0 Å². The summed E-state index contributed by atoms with van der Waals surface area (Å²) in [7, 11) is 5.06. The number of nitrogens with zero attached hydrogens (tertiary/aromatic N) is 4. The number of nitrogens with one attached hydrogen (secondary N) is 2. The molecule has 0 aliphatic rings. The molecule has 9 nitrogen and oxygen atoms in total. The molecular formula is C27H23ClN6O3. The molecule has 3 heterocycles. The highest BCUT2D eigenvalue weighted by Crippen LogP contribution is 2.33. The van der Waals surface area contributed by atoms with Crippen LogP contribution in [0.15, 0.2) is 73.1 Å². The van der Waals surface area contributed by atoms with Crippen LogP contribution in [-0.4, -0.2) is 39.6 Å². The third kappa shape index (κ3) is 5.03. The van der Waals surface area contributed by atoms with Gasteiger partial charge in [0, 0.05) is 66.5 Å². The van der Waals surface area contributed by atoms with Crippen LogP contribution in [0.25, 0.3) is 22.2 Å². The Hall–Kier alpha value is -4.63. The highest BCUT2D eigenvalue weighted by atomic mass is 35.5. The summed E-state index contributed by atoms with van der Waals surface area (Å²) in [6.45, 7) is 0. The van der Waals surface area contributed by atoms with Crippen molar-refractivity contribution in [3.05, 3.63) is 83.8 Å². The van der Waals surface area contributed by atoms with Crippen LogP contribution in [0.1, 0.15) is 10.5 Å². The van der Waals surface area contributed by atoms with Crippen LogP contribution >= 0.6 is 11.6 Å². The number of imidazole rings is 1. The number of methoxy groups -OCH3 is 1. The molecule has 1 amide bonds. The predicted molar refractivity (Wildman–Crippen MR) is 143 cm³/mol. The van der Waals surface area contributed by atoms with Gasteiger partial charge in [-0.05, 0) is 42.5 Å². The number of fused-ring (bicyclic) bond motifs is 1. The lowest BCUT2D eigenvalue weighted by Gasteiger charge is -2.10. The summed E-state index contributed by atoms with van der Waals surface area (Å²) < 4.78 is 13.1. The average molecular weight is 515 g/mol. The van der Waals surface area contributed by atoms with Gasteiger partial charge in [0.1, 0.15) is 17.2 Å². The van der Waals surface area contributed by atoms with Gasteiger partial charge in [-0.15, -0.1) is 0 Å². The molecule has 0 unspecified atom stereocenters. The third-order valence-corrected chi connectivity index (χ3v) is 6.09. The molecule has 37 heavy (non-hydrogen) atoms. The van der Waals surface area contributed by atoms with E-state index in [2.05, 4.69) is 20.6 Å². The number of halogens is 1. The van der Waals surface area contributed by atoms with Gasteiger partial charge in [-0.1, -0.05) is 11.6 Å². The molecule has 2 N–H and O–H groups in total. The van der Waals surface area contributed by atoms with Gasteiger partial charge >= 0.3 is 0 Å². The van der Waals surface area contributed by atoms with Gasteiger partial charge in [0.15, 0.2) is 0 Å². The molecule has 0 aliphatic carbocycles. The molecule has 186 valence electrons. The number of anilines is 2. The topological polar surface area (TPSA) is 103 Å². The summed E-state index contributed by atoms with van der Waals surface area (Å²) >= 11 is 6.47. The molecule has 0 atom stereocenters. The van der Waals surface area contributed by atoms with Crippen LogP contribution in [0.2, 0.25) is 5.02 Å². The number of hydrogen-bond acceptors (Lipinski definition) is 7. The molecule has 5 aromatic rings. The minimum Gasteiger partial charge on any atom is -0.481 e. The van der Waals surface area contributed by atoms with Crippen molar-refractivity contribution in [2.24, 2.45) is 7.05 Å². The second-order valence-corrected chi connectivity index (χ2v) is 8.52. The van der Waals surface area contributed by atoms with Crippen molar-refractivity contribution in [1.29, 1.82) is 0 Å². The number of carbonyl (C=O) groups is 1. The normalized spacial score (nSPS) is 10.8. The van der Waals surface area contributed by atoms with E-state index in [-0.39, 0.29) is 11.6 Å². The molecule has 0 spiro atoms. The summed E-state index contributed by atoms with van der Waals surface area (Å²) in [5.41, 5.74) is 4.48. The minimum atomic E-state index is -0.282. The zero-order valence-corrected chi connectivity index (χ0v) is 21.1. The van der Waals surface area contributed by atoms with Gasteiger partial charge in [-0.2, -0.15) is 0 Å². The number of hydrogen-bond donors (Lipinski definition) is 2. The Morgan fingerprint density at radius 1 is 1.00 bits per heavy atom. The Morgan fingerprint density at radius 2 is 1.84 bits per heavy atom.